The van der Waals surface area contributed by atoms with Gasteiger partial charge in [-0.15, -0.1) is 0 Å². The zero-order chi connectivity index (χ0) is 9.52. The molecular weight excluding hydrogens is 162 g/mol. The fourth-order valence-corrected chi connectivity index (χ4v) is 2.29. The van der Waals surface area contributed by atoms with E-state index in [1.807, 2.05) is 0 Å². The molecule has 1 saturated heterocycles. The van der Waals surface area contributed by atoms with Crippen LogP contribution in [0.4, 0.5) is 0 Å². The molecule has 0 radical (unpaired) electrons. The van der Waals surface area contributed by atoms with Crippen LogP contribution in [0.2, 0.25) is 0 Å². The van der Waals surface area contributed by atoms with Gasteiger partial charge in [-0.1, -0.05) is 13.3 Å². The van der Waals surface area contributed by atoms with Gasteiger partial charge in [0, 0.05) is 19.8 Å². The average Bonchev–Trinajstić information content (AvgIpc) is 2.65. The van der Waals surface area contributed by atoms with Crippen LogP contribution in [0.3, 0.4) is 0 Å². The molecule has 2 heteroatoms. The lowest BCUT2D eigenvalue weighted by Gasteiger charge is -2.22. The minimum absolute atomic E-state index is 0.793. The third-order valence-corrected chi connectivity index (χ3v) is 3.12. The molecule has 0 aromatic carbocycles. The monoisotopic (exact) mass is 185 g/mol. The SMILES string of the molecule is CCC(CCCOC)C1CCCN1. The van der Waals surface area contributed by atoms with E-state index < -0.39 is 0 Å². The Hall–Kier alpha value is -0.0800. The molecule has 1 rings (SSSR count). The van der Waals surface area contributed by atoms with E-state index in [0.717, 1.165) is 18.6 Å². The average molecular weight is 185 g/mol. The van der Waals surface area contributed by atoms with Crippen molar-refractivity contribution >= 4 is 0 Å². The van der Waals surface area contributed by atoms with Gasteiger partial charge in [0.05, 0.1) is 0 Å². The van der Waals surface area contributed by atoms with E-state index in [0.29, 0.717) is 0 Å². The van der Waals surface area contributed by atoms with Crippen molar-refractivity contribution in [3.63, 3.8) is 0 Å². The quantitative estimate of drug-likeness (QED) is 0.640. The van der Waals surface area contributed by atoms with E-state index in [1.54, 1.807) is 7.11 Å². The lowest BCUT2D eigenvalue weighted by Crippen LogP contribution is -2.30. The molecule has 2 atom stereocenters. The summed E-state index contributed by atoms with van der Waals surface area (Å²) in [6.45, 7) is 4.45. The Morgan fingerprint density at radius 1 is 1.54 bits per heavy atom. The Labute approximate surface area is 82.0 Å². The van der Waals surface area contributed by atoms with Crippen molar-refractivity contribution in [1.82, 2.24) is 5.32 Å². The van der Waals surface area contributed by atoms with Gasteiger partial charge in [0.1, 0.15) is 0 Å². The summed E-state index contributed by atoms with van der Waals surface area (Å²) in [7, 11) is 1.79. The Bertz CT molecular complexity index is 121. The van der Waals surface area contributed by atoms with Crippen molar-refractivity contribution in [3.8, 4) is 0 Å². The van der Waals surface area contributed by atoms with Gasteiger partial charge in [-0.05, 0) is 38.1 Å². The van der Waals surface area contributed by atoms with Gasteiger partial charge in [0.25, 0.3) is 0 Å². The molecule has 0 saturated carbocycles. The van der Waals surface area contributed by atoms with Crippen LogP contribution in [-0.4, -0.2) is 26.3 Å². The highest BCUT2D eigenvalue weighted by molar-refractivity contribution is 4.80. The number of methoxy groups -OCH3 is 1. The van der Waals surface area contributed by atoms with Gasteiger partial charge in [-0.25, -0.2) is 0 Å². The molecule has 1 aliphatic rings. The van der Waals surface area contributed by atoms with E-state index in [4.69, 9.17) is 4.74 Å². The number of rotatable bonds is 6. The summed E-state index contributed by atoms with van der Waals surface area (Å²) in [5.41, 5.74) is 0. The highest BCUT2D eigenvalue weighted by Gasteiger charge is 2.22. The topological polar surface area (TPSA) is 21.3 Å². The van der Waals surface area contributed by atoms with Crippen molar-refractivity contribution in [2.24, 2.45) is 5.92 Å². The number of hydrogen-bond donors (Lipinski definition) is 1. The van der Waals surface area contributed by atoms with Crippen molar-refractivity contribution in [3.05, 3.63) is 0 Å². The first kappa shape index (κ1) is 11.0. The van der Waals surface area contributed by atoms with E-state index in [9.17, 15) is 0 Å². The number of nitrogens with one attached hydrogen (secondary N) is 1. The van der Waals surface area contributed by atoms with Crippen LogP contribution in [0.5, 0.6) is 0 Å². The van der Waals surface area contributed by atoms with Crippen LogP contribution >= 0.6 is 0 Å². The van der Waals surface area contributed by atoms with Crippen molar-refractivity contribution in [1.29, 1.82) is 0 Å². The van der Waals surface area contributed by atoms with Gasteiger partial charge < -0.3 is 10.1 Å². The Balaban J connectivity index is 2.16. The smallest absolute Gasteiger partial charge is 0.0462 e. The van der Waals surface area contributed by atoms with Crippen LogP contribution in [0.1, 0.15) is 39.0 Å². The molecule has 78 valence electrons. The lowest BCUT2D eigenvalue weighted by atomic mass is 9.91. The third-order valence-electron chi connectivity index (χ3n) is 3.12. The minimum atomic E-state index is 0.793. The van der Waals surface area contributed by atoms with E-state index in [1.165, 1.54) is 38.6 Å². The Kier molecular flexibility index (Phi) is 5.40. The molecule has 1 heterocycles. The van der Waals surface area contributed by atoms with Crippen molar-refractivity contribution < 1.29 is 4.74 Å². The first-order valence-corrected chi connectivity index (χ1v) is 5.60. The van der Waals surface area contributed by atoms with E-state index in [-0.39, 0.29) is 0 Å². The second kappa shape index (κ2) is 6.39. The first-order chi connectivity index (χ1) is 6.38. The van der Waals surface area contributed by atoms with E-state index >= 15 is 0 Å². The van der Waals surface area contributed by atoms with Gasteiger partial charge in [0.15, 0.2) is 0 Å². The highest BCUT2D eigenvalue weighted by atomic mass is 16.5. The number of hydrogen-bond acceptors (Lipinski definition) is 2. The molecule has 0 bridgehead atoms. The molecule has 1 aliphatic heterocycles. The standard InChI is InChI=1S/C11H23NO/c1-3-10(6-5-9-13-2)11-7-4-8-12-11/h10-12H,3-9H2,1-2H3. The second-order valence-corrected chi connectivity index (χ2v) is 4.01. The predicted molar refractivity (Wildman–Crippen MR) is 55.9 cm³/mol. The molecule has 1 fully saturated rings. The van der Waals surface area contributed by atoms with Crippen LogP contribution in [0.25, 0.3) is 0 Å². The first-order valence-electron chi connectivity index (χ1n) is 5.60. The summed E-state index contributed by atoms with van der Waals surface area (Å²) in [4.78, 5) is 0. The molecule has 0 amide bonds. The predicted octanol–water partition coefficient (Wildman–Crippen LogP) is 2.19. The largest absolute Gasteiger partial charge is 0.385 e. The summed E-state index contributed by atoms with van der Waals surface area (Å²) in [5, 5.41) is 3.59. The maximum Gasteiger partial charge on any atom is 0.0462 e. The normalized spacial score (nSPS) is 24.9. The number of ether oxygens (including phenoxy) is 1. The summed E-state index contributed by atoms with van der Waals surface area (Å²) >= 11 is 0. The van der Waals surface area contributed by atoms with Crippen LogP contribution in [-0.2, 0) is 4.74 Å². The molecule has 0 aromatic rings. The van der Waals surface area contributed by atoms with E-state index in [2.05, 4.69) is 12.2 Å². The molecule has 0 spiro atoms. The van der Waals surface area contributed by atoms with Crippen LogP contribution < -0.4 is 5.32 Å². The van der Waals surface area contributed by atoms with Gasteiger partial charge >= 0.3 is 0 Å². The summed E-state index contributed by atoms with van der Waals surface area (Å²) < 4.78 is 5.08. The molecule has 2 unspecified atom stereocenters. The third kappa shape index (κ3) is 3.65. The zero-order valence-electron chi connectivity index (χ0n) is 9.01. The molecule has 0 aromatic heterocycles. The Morgan fingerprint density at radius 3 is 2.92 bits per heavy atom. The summed E-state index contributed by atoms with van der Waals surface area (Å²) in [5.74, 6) is 0.873. The van der Waals surface area contributed by atoms with Gasteiger partial charge in [0.2, 0.25) is 0 Å². The fourth-order valence-electron chi connectivity index (χ4n) is 2.29. The minimum Gasteiger partial charge on any atom is -0.385 e. The zero-order valence-corrected chi connectivity index (χ0v) is 9.01. The Morgan fingerprint density at radius 2 is 2.38 bits per heavy atom. The van der Waals surface area contributed by atoms with Crippen molar-refractivity contribution in [2.75, 3.05) is 20.3 Å². The summed E-state index contributed by atoms with van der Waals surface area (Å²) in [6.07, 6.45) is 6.59. The molecule has 2 nitrogen and oxygen atoms in total. The molecular formula is C11H23NO. The maximum absolute atomic E-state index is 5.08. The van der Waals surface area contributed by atoms with Gasteiger partial charge in [-0.3, -0.25) is 0 Å². The van der Waals surface area contributed by atoms with Crippen LogP contribution in [0.15, 0.2) is 0 Å². The molecule has 13 heavy (non-hydrogen) atoms. The molecule has 0 aliphatic carbocycles. The fraction of sp³-hybridized carbons (Fsp3) is 1.00. The summed E-state index contributed by atoms with van der Waals surface area (Å²) in [6, 6.07) is 0.793. The maximum atomic E-state index is 5.08. The van der Waals surface area contributed by atoms with Gasteiger partial charge in [-0.2, -0.15) is 0 Å². The van der Waals surface area contributed by atoms with Crippen molar-refractivity contribution in [2.45, 2.75) is 45.1 Å². The second-order valence-electron chi connectivity index (χ2n) is 4.01. The lowest BCUT2D eigenvalue weighted by molar-refractivity contribution is 0.182. The molecule has 1 N–H and O–H groups in total. The van der Waals surface area contributed by atoms with Crippen LogP contribution in [0, 0.1) is 5.92 Å². The highest BCUT2D eigenvalue weighted by Crippen LogP contribution is 2.22.